The van der Waals surface area contributed by atoms with Crippen molar-refractivity contribution in [2.24, 2.45) is 0 Å². The third-order valence-corrected chi connectivity index (χ3v) is 5.06. The lowest BCUT2D eigenvalue weighted by atomic mass is 9.89. The number of aromatic carboxylic acids is 1. The first kappa shape index (κ1) is 20.3. The van der Waals surface area contributed by atoms with E-state index in [1.54, 1.807) is 12.1 Å². The van der Waals surface area contributed by atoms with Crippen molar-refractivity contribution in [3.63, 3.8) is 0 Å². The molecule has 29 heavy (non-hydrogen) atoms. The topological polar surface area (TPSA) is 54.4 Å². The lowest BCUT2D eigenvalue weighted by Crippen LogP contribution is -2.10. The number of hydrogen-bond donors (Lipinski definition) is 1. The Morgan fingerprint density at radius 1 is 0.828 bits per heavy atom. The molecule has 3 aromatic carbocycles. The van der Waals surface area contributed by atoms with Crippen molar-refractivity contribution < 1.29 is 14.7 Å². The number of rotatable bonds is 8. The normalized spacial score (nSPS) is 10.5. The van der Waals surface area contributed by atoms with Crippen LogP contribution in [-0.4, -0.2) is 16.9 Å². The summed E-state index contributed by atoms with van der Waals surface area (Å²) in [6.45, 7) is 5.61. The molecular weight excluding hydrogens is 360 g/mol. The Morgan fingerprint density at radius 2 is 1.41 bits per heavy atom. The zero-order chi connectivity index (χ0) is 20.8. The minimum absolute atomic E-state index is 0.0526. The molecule has 3 aromatic rings. The summed E-state index contributed by atoms with van der Waals surface area (Å²) < 4.78 is 0. The molecule has 3 nitrogen and oxygen atoms in total. The summed E-state index contributed by atoms with van der Waals surface area (Å²) >= 11 is 0. The van der Waals surface area contributed by atoms with Gasteiger partial charge in [-0.3, -0.25) is 4.79 Å². The zero-order valence-electron chi connectivity index (χ0n) is 16.5. The molecule has 0 saturated heterocycles. The first-order chi connectivity index (χ1) is 14.0. The van der Waals surface area contributed by atoms with E-state index in [2.05, 4.69) is 18.7 Å². The molecule has 0 aliphatic heterocycles. The molecule has 0 aliphatic rings. The number of carboxylic acids is 1. The van der Waals surface area contributed by atoms with Crippen LogP contribution in [-0.2, 0) is 19.3 Å². The van der Waals surface area contributed by atoms with E-state index in [-0.39, 0.29) is 16.9 Å². The first-order valence-corrected chi connectivity index (χ1v) is 9.63. The summed E-state index contributed by atoms with van der Waals surface area (Å²) in [7, 11) is 0. The van der Waals surface area contributed by atoms with Crippen LogP contribution in [0.25, 0.3) is 5.57 Å². The summed E-state index contributed by atoms with van der Waals surface area (Å²) in [5.74, 6) is -1.33. The Hall–Kier alpha value is -3.46. The Labute approximate surface area is 171 Å². The Morgan fingerprint density at radius 3 is 2.00 bits per heavy atom. The summed E-state index contributed by atoms with van der Waals surface area (Å²) in [5, 5.41) is 9.61. The molecule has 0 bridgehead atoms. The van der Waals surface area contributed by atoms with Gasteiger partial charge in [-0.25, -0.2) is 4.79 Å². The fourth-order valence-electron chi connectivity index (χ4n) is 3.48. The molecule has 146 valence electrons. The first-order valence-electron chi connectivity index (χ1n) is 9.63. The highest BCUT2D eigenvalue weighted by Gasteiger charge is 2.18. The highest BCUT2D eigenvalue weighted by molar-refractivity contribution is 6.05. The number of aryl methyl sites for hydroxylation is 2. The number of carboxylic acid groups (broad SMARTS) is 1. The maximum absolute atomic E-state index is 12.1. The molecule has 0 radical (unpaired) electrons. The average molecular weight is 384 g/mol. The van der Waals surface area contributed by atoms with E-state index in [4.69, 9.17) is 0 Å². The lowest BCUT2D eigenvalue weighted by molar-refractivity contribution is 0.0692. The van der Waals surface area contributed by atoms with E-state index in [0.717, 1.165) is 35.1 Å². The van der Waals surface area contributed by atoms with Crippen molar-refractivity contribution in [3.05, 3.63) is 113 Å². The number of ketones is 1. The number of benzene rings is 3. The third kappa shape index (κ3) is 5.08. The van der Waals surface area contributed by atoms with Gasteiger partial charge in [-0.2, -0.15) is 0 Å². The van der Waals surface area contributed by atoms with Gasteiger partial charge in [0.25, 0.3) is 0 Å². The molecule has 0 aromatic heterocycles. The van der Waals surface area contributed by atoms with Crippen LogP contribution < -0.4 is 0 Å². The van der Waals surface area contributed by atoms with Gasteiger partial charge in [0, 0.05) is 5.56 Å². The molecule has 3 heteroatoms. The number of allylic oxidation sites excluding steroid dienone is 1. The molecule has 3 rings (SSSR count). The van der Waals surface area contributed by atoms with Crippen LogP contribution in [0.15, 0.2) is 79.4 Å². The number of carbonyl (C=O) groups is 2. The van der Waals surface area contributed by atoms with Crippen molar-refractivity contribution in [2.75, 3.05) is 0 Å². The van der Waals surface area contributed by atoms with Crippen LogP contribution in [0.5, 0.6) is 0 Å². The lowest BCUT2D eigenvalue weighted by Gasteiger charge is -2.15. The average Bonchev–Trinajstić information content (AvgIpc) is 2.73. The fourth-order valence-corrected chi connectivity index (χ4v) is 3.48. The SMILES string of the molecule is C=C(Cc1cc(C(=O)O)c(C(C)=O)cc1CCc1ccccc1)c1ccccc1. The van der Waals surface area contributed by atoms with E-state index >= 15 is 0 Å². The van der Waals surface area contributed by atoms with Crippen LogP contribution in [0.3, 0.4) is 0 Å². The predicted molar refractivity (Wildman–Crippen MR) is 116 cm³/mol. The van der Waals surface area contributed by atoms with Gasteiger partial charge in [-0.1, -0.05) is 67.2 Å². The van der Waals surface area contributed by atoms with Gasteiger partial charge in [0.05, 0.1) is 5.56 Å². The molecular formula is C26H24O3. The van der Waals surface area contributed by atoms with Crippen molar-refractivity contribution in [1.82, 2.24) is 0 Å². The largest absolute Gasteiger partial charge is 0.478 e. The summed E-state index contributed by atoms with van der Waals surface area (Å²) in [6, 6.07) is 23.4. The molecule has 0 unspecified atom stereocenters. The van der Waals surface area contributed by atoms with Gasteiger partial charge >= 0.3 is 5.97 Å². The maximum Gasteiger partial charge on any atom is 0.336 e. The molecule has 0 atom stereocenters. The Bertz CT molecular complexity index is 1030. The molecule has 0 amide bonds. The van der Waals surface area contributed by atoms with E-state index < -0.39 is 5.97 Å². The van der Waals surface area contributed by atoms with Gasteiger partial charge < -0.3 is 5.11 Å². The van der Waals surface area contributed by atoms with Gasteiger partial charge in [0.2, 0.25) is 0 Å². The van der Waals surface area contributed by atoms with Crippen LogP contribution in [0.1, 0.15) is 49.9 Å². The summed E-state index contributed by atoms with van der Waals surface area (Å²) in [5.41, 5.74) is 5.34. The van der Waals surface area contributed by atoms with Crippen molar-refractivity contribution in [2.45, 2.75) is 26.2 Å². The van der Waals surface area contributed by atoms with Crippen molar-refractivity contribution in [1.29, 1.82) is 0 Å². The summed E-state index contributed by atoms with van der Waals surface area (Å²) in [4.78, 5) is 23.8. The predicted octanol–water partition coefficient (Wildman–Crippen LogP) is 5.63. The standard InChI is InChI=1S/C26H24O3/c1-18(21-11-7-4-8-12-21)15-23-17-25(26(28)29)24(19(2)27)16-22(23)14-13-20-9-5-3-6-10-20/h3-12,16-17H,1,13-15H2,2H3,(H,28,29). The smallest absolute Gasteiger partial charge is 0.336 e. The second-order valence-electron chi connectivity index (χ2n) is 7.16. The monoisotopic (exact) mass is 384 g/mol. The molecule has 1 N–H and O–H groups in total. The van der Waals surface area contributed by atoms with Crippen LogP contribution in [0.4, 0.5) is 0 Å². The highest BCUT2D eigenvalue weighted by Crippen LogP contribution is 2.25. The number of carbonyl (C=O) groups excluding carboxylic acids is 1. The number of hydrogen-bond acceptors (Lipinski definition) is 2. The molecule has 0 saturated carbocycles. The fraction of sp³-hybridized carbons (Fsp3) is 0.154. The Balaban J connectivity index is 1.98. The second kappa shape index (κ2) is 9.16. The minimum Gasteiger partial charge on any atom is -0.478 e. The zero-order valence-corrected chi connectivity index (χ0v) is 16.5. The van der Waals surface area contributed by atoms with Crippen LogP contribution in [0.2, 0.25) is 0 Å². The van der Waals surface area contributed by atoms with Gasteiger partial charge in [0.1, 0.15) is 0 Å². The maximum atomic E-state index is 12.1. The van der Waals surface area contributed by atoms with Crippen LogP contribution in [0, 0.1) is 0 Å². The van der Waals surface area contributed by atoms with Gasteiger partial charge in [-0.05, 0) is 66.1 Å². The molecule has 0 aliphatic carbocycles. The molecule has 0 heterocycles. The highest BCUT2D eigenvalue weighted by atomic mass is 16.4. The van der Waals surface area contributed by atoms with E-state index in [0.29, 0.717) is 6.42 Å². The van der Waals surface area contributed by atoms with Crippen LogP contribution >= 0.6 is 0 Å². The van der Waals surface area contributed by atoms with E-state index in [9.17, 15) is 14.7 Å². The van der Waals surface area contributed by atoms with E-state index in [1.165, 1.54) is 12.5 Å². The quantitative estimate of drug-likeness (QED) is 0.512. The second-order valence-corrected chi connectivity index (χ2v) is 7.16. The molecule has 0 spiro atoms. The van der Waals surface area contributed by atoms with Crippen molar-refractivity contribution in [3.8, 4) is 0 Å². The number of Topliss-reactive ketones (excluding diaryl/α,β-unsaturated/α-hetero) is 1. The summed E-state index contributed by atoms with van der Waals surface area (Å²) in [6.07, 6.45) is 2.07. The Kier molecular flexibility index (Phi) is 6.40. The minimum atomic E-state index is -1.09. The van der Waals surface area contributed by atoms with Gasteiger partial charge in [-0.15, -0.1) is 0 Å². The van der Waals surface area contributed by atoms with Crippen molar-refractivity contribution >= 4 is 17.3 Å². The van der Waals surface area contributed by atoms with E-state index in [1.807, 2.05) is 48.5 Å². The van der Waals surface area contributed by atoms with Gasteiger partial charge in [0.15, 0.2) is 5.78 Å². The molecule has 0 fully saturated rings. The third-order valence-electron chi connectivity index (χ3n) is 5.06.